The second-order valence-corrected chi connectivity index (χ2v) is 7.98. The normalized spacial score (nSPS) is 15.0. The third-order valence-corrected chi connectivity index (χ3v) is 4.30. The van der Waals surface area contributed by atoms with Crippen molar-refractivity contribution in [1.29, 1.82) is 0 Å². The maximum Gasteiger partial charge on any atom is 0.408 e. The fourth-order valence-electron chi connectivity index (χ4n) is 2.48. The summed E-state index contributed by atoms with van der Waals surface area (Å²) >= 11 is 11.8. The average Bonchev–Trinajstić information content (AvgIpc) is 2.53. The van der Waals surface area contributed by atoms with Gasteiger partial charge in [0, 0.05) is 11.2 Å². The molecule has 0 spiro atoms. The molecule has 2 N–H and O–H groups in total. The van der Waals surface area contributed by atoms with E-state index in [9.17, 15) is 9.90 Å². The number of aliphatic hydroxyl groups is 1. The van der Waals surface area contributed by atoms with Gasteiger partial charge in [-0.15, -0.1) is 0 Å². The lowest BCUT2D eigenvalue weighted by Crippen LogP contribution is -2.49. The molecule has 0 saturated heterocycles. The second-order valence-electron chi connectivity index (χ2n) is 7.15. The van der Waals surface area contributed by atoms with Crippen LogP contribution in [-0.4, -0.2) is 21.8 Å². The van der Waals surface area contributed by atoms with Gasteiger partial charge in [-0.2, -0.15) is 0 Å². The fourth-order valence-corrected chi connectivity index (χ4v) is 2.71. The predicted octanol–water partition coefficient (Wildman–Crippen LogP) is 4.86. The topological polar surface area (TPSA) is 71.5 Å². The molecule has 2 aromatic rings. The van der Waals surface area contributed by atoms with Crippen molar-refractivity contribution < 1.29 is 14.6 Å². The molecule has 1 heterocycles. The number of aliphatic hydroxyl groups excluding tert-OH is 1. The monoisotopic (exact) mass is 396 g/mol. The van der Waals surface area contributed by atoms with Crippen molar-refractivity contribution in [2.75, 3.05) is 0 Å². The first kappa shape index (κ1) is 20.5. The van der Waals surface area contributed by atoms with Gasteiger partial charge in [-0.3, -0.25) is 0 Å². The van der Waals surface area contributed by atoms with Crippen LogP contribution in [0.3, 0.4) is 0 Å². The van der Waals surface area contributed by atoms with Crippen LogP contribution in [0.1, 0.15) is 44.9 Å². The Bertz CT molecular complexity index is 758. The lowest BCUT2D eigenvalue weighted by Gasteiger charge is -2.36. The Labute approximate surface area is 163 Å². The van der Waals surface area contributed by atoms with E-state index >= 15 is 0 Å². The third kappa shape index (κ3) is 5.10. The maximum absolute atomic E-state index is 12.4. The smallest absolute Gasteiger partial charge is 0.408 e. The van der Waals surface area contributed by atoms with Crippen LogP contribution in [0.25, 0.3) is 0 Å². The van der Waals surface area contributed by atoms with E-state index in [4.69, 9.17) is 27.9 Å². The minimum Gasteiger partial charge on any atom is -0.444 e. The van der Waals surface area contributed by atoms with Crippen molar-refractivity contribution in [3.8, 4) is 0 Å². The summed E-state index contributed by atoms with van der Waals surface area (Å²) in [6, 6.07) is 10.0. The van der Waals surface area contributed by atoms with Crippen LogP contribution in [0.5, 0.6) is 0 Å². The average molecular weight is 397 g/mol. The Morgan fingerprint density at radius 3 is 2.23 bits per heavy atom. The van der Waals surface area contributed by atoms with Crippen LogP contribution in [0.15, 0.2) is 42.6 Å². The van der Waals surface area contributed by atoms with Gasteiger partial charge in [-0.05, 0) is 57.0 Å². The van der Waals surface area contributed by atoms with Crippen molar-refractivity contribution in [1.82, 2.24) is 10.3 Å². The van der Waals surface area contributed by atoms with Crippen LogP contribution < -0.4 is 5.32 Å². The number of pyridine rings is 1. The Hall–Kier alpha value is -1.82. The van der Waals surface area contributed by atoms with Crippen molar-refractivity contribution >= 4 is 29.3 Å². The number of carbonyl (C=O) groups is 1. The number of carbonyl (C=O) groups excluding carboxylic acids is 1. The molecule has 0 radical (unpaired) electrons. The van der Waals surface area contributed by atoms with Gasteiger partial charge in [0.25, 0.3) is 0 Å². The maximum atomic E-state index is 12.4. The first-order chi connectivity index (χ1) is 12.0. The van der Waals surface area contributed by atoms with E-state index in [1.807, 2.05) is 0 Å². The van der Waals surface area contributed by atoms with Crippen LogP contribution in [0.2, 0.25) is 10.2 Å². The Kier molecular flexibility index (Phi) is 6.17. The van der Waals surface area contributed by atoms with Crippen molar-refractivity contribution in [3.63, 3.8) is 0 Å². The van der Waals surface area contributed by atoms with E-state index in [0.29, 0.717) is 21.3 Å². The molecule has 2 unspecified atom stereocenters. The molecule has 26 heavy (non-hydrogen) atoms. The van der Waals surface area contributed by atoms with E-state index in [1.54, 1.807) is 64.1 Å². The summed E-state index contributed by atoms with van der Waals surface area (Å²) in [5.74, 6) is 0. The largest absolute Gasteiger partial charge is 0.444 e. The molecule has 0 fully saturated rings. The summed E-state index contributed by atoms with van der Waals surface area (Å²) in [4.78, 5) is 16.5. The van der Waals surface area contributed by atoms with E-state index in [1.165, 1.54) is 6.20 Å². The van der Waals surface area contributed by atoms with Crippen LogP contribution >= 0.6 is 23.2 Å². The summed E-state index contributed by atoms with van der Waals surface area (Å²) in [7, 11) is 0. The Morgan fingerprint density at radius 2 is 1.73 bits per heavy atom. The summed E-state index contributed by atoms with van der Waals surface area (Å²) in [5.41, 5.74) is -0.708. The molecular formula is C19H22Cl2N2O3. The Balaban J connectivity index is 2.41. The molecule has 0 aliphatic carbocycles. The highest BCUT2D eigenvalue weighted by molar-refractivity contribution is 6.30. The zero-order valence-corrected chi connectivity index (χ0v) is 16.6. The molecule has 0 aliphatic heterocycles. The standard InChI is InChI=1S/C19H22Cl2N2O3/c1-18(2,3)26-17(25)23-19(4,13-7-10-15(21)22-11-13)16(24)12-5-8-14(20)9-6-12/h5-11,16,24H,1-4H3,(H,23,25). The van der Waals surface area contributed by atoms with Gasteiger partial charge in [0.2, 0.25) is 0 Å². The minimum atomic E-state index is -1.20. The lowest BCUT2D eigenvalue weighted by atomic mass is 9.83. The summed E-state index contributed by atoms with van der Waals surface area (Å²) in [6.45, 7) is 7.00. The SMILES string of the molecule is CC(C)(C)OC(=O)NC(C)(c1ccc(Cl)nc1)C(O)c1ccc(Cl)cc1. The number of hydrogen-bond donors (Lipinski definition) is 2. The number of hydrogen-bond acceptors (Lipinski definition) is 4. The molecule has 7 heteroatoms. The quantitative estimate of drug-likeness (QED) is 0.723. The molecule has 2 atom stereocenters. The van der Waals surface area contributed by atoms with Gasteiger partial charge >= 0.3 is 6.09 Å². The zero-order chi connectivity index (χ0) is 19.5. The number of amides is 1. The van der Waals surface area contributed by atoms with Crippen molar-refractivity contribution in [3.05, 3.63) is 63.9 Å². The molecule has 0 aliphatic rings. The minimum absolute atomic E-state index is 0.314. The summed E-state index contributed by atoms with van der Waals surface area (Å²) in [5, 5.41) is 14.7. The molecule has 0 bridgehead atoms. The molecule has 1 aromatic heterocycles. The number of benzene rings is 1. The number of halogens is 2. The summed E-state index contributed by atoms with van der Waals surface area (Å²) in [6.07, 6.45) is -0.211. The molecule has 1 aromatic carbocycles. The highest BCUT2D eigenvalue weighted by Crippen LogP contribution is 2.35. The van der Waals surface area contributed by atoms with Crippen LogP contribution in [-0.2, 0) is 10.3 Å². The molecular weight excluding hydrogens is 375 g/mol. The predicted molar refractivity (Wildman–Crippen MR) is 102 cm³/mol. The first-order valence-electron chi connectivity index (χ1n) is 8.08. The Morgan fingerprint density at radius 1 is 1.12 bits per heavy atom. The van der Waals surface area contributed by atoms with Crippen molar-refractivity contribution in [2.24, 2.45) is 0 Å². The molecule has 1 amide bonds. The fraction of sp³-hybridized carbons (Fsp3) is 0.368. The lowest BCUT2D eigenvalue weighted by molar-refractivity contribution is 0.0235. The van der Waals surface area contributed by atoms with Gasteiger partial charge in [0.15, 0.2) is 0 Å². The van der Waals surface area contributed by atoms with Gasteiger partial charge in [0.1, 0.15) is 16.9 Å². The van der Waals surface area contributed by atoms with Gasteiger partial charge in [-0.25, -0.2) is 9.78 Å². The molecule has 0 saturated carbocycles. The number of alkyl carbamates (subject to hydrolysis) is 1. The van der Waals surface area contributed by atoms with E-state index in [0.717, 1.165) is 0 Å². The molecule has 2 rings (SSSR count). The van der Waals surface area contributed by atoms with Gasteiger partial charge in [-0.1, -0.05) is 41.4 Å². The highest BCUT2D eigenvalue weighted by Gasteiger charge is 2.39. The van der Waals surface area contributed by atoms with Gasteiger partial charge < -0.3 is 15.2 Å². The number of aromatic nitrogens is 1. The summed E-state index contributed by atoms with van der Waals surface area (Å²) < 4.78 is 5.36. The van der Waals surface area contributed by atoms with Gasteiger partial charge in [0.05, 0.1) is 5.54 Å². The van der Waals surface area contributed by atoms with E-state index in [2.05, 4.69) is 10.3 Å². The number of nitrogens with zero attached hydrogens (tertiary/aromatic N) is 1. The third-order valence-electron chi connectivity index (χ3n) is 3.82. The number of rotatable bonds is 4. The number of nitrogens with one attached hydrogen (secondary N) is 1. The first-order valence-corrected chi connectivity index (χ1v) is 8.83. The van der Waals surface area contributed by atoms with Crippen LogP contribution in [0, 0.1) is 0 Å². The van der Waals surface area contributed by atoms with E-state index < -0.39 is 23.3 Å². The molecule has 140 valence electrons. The molecule has 5 nitrogen and oxygen atoms in total. The highest BCUT2D eigenvalue weighted by atomic mass is 35.5. The number of ether oxygens (including phenoxy) is 1. The van der Waals surface area contributed by atoms with Crippen molar-refractivity contribution in [2.45, 2.75) is 44.9 Å². The van der Waals surface area contributed by atoms with E-state index in [-0.39, 0.29) is 0 Å². The second kappa shape index (κ2) is 7.82. The zero-order valence-electron chi connectivity index (χ0n) is 15.1. The van der Waals surface area contributed by atoms with Crippen LogP contribution in [0.4, 0.5) is 4.79 Å².